The Morgan fingerprint density at radius 2 is 1.52 bits per heavy atom. The summed E-state index contributed by atoms with van der Waals surface area (Å²) in [4.78, 5) is 37.0. The Morgan fingerprint density at radius 3 is 2.04 bits per heavy atom. The highest BCUT2D eigenvalue weighted by Gasteiger charge is 2.32. The topological polar surface area (TPSA) is 66.5 Å². The lowest BCUT2D eigenvalue weighted by molar-refractivity contribution is -0.137. The summed E-state index contributed by atoms with van der Waals surface area (Å²) < 4.78 is 0. The van der Waals surface area contributed by atoms with Gasteiger partial charge in [-0.25, -0.2) is 0 Å². The Labute approximate surface area is 139 Å². The van der Waals surface area contributed by atoms with Gasteiger partial charge in [0.15, 0.2) is 0 Å². The van der Waals surface area contributed by atoms with Crippen molar-refractivity contribution in [2.24, 2.45) is 5.41 Å². The molecule has 3 amide bonds. The van der Waals surface area contributed by atoms with Crippen LogP contribution in [0, 0.1) is 5.41 Å². The number of carbonyl (C=O) groups excluding carboxylic acids is 3. The Bertz CT molecular complexity index is 482. The third-order valence-electron chi connectivity index (χ3n) is 4.79. The van der Waals surface area contributed by atoms with Gasteiger partial charge in [-0.2, -0.15) is 0 Å². The first-order chi connectivity index (χ1) is 10.7. The summed E-state index contributed by atoms with van der Waals surface area (Å²) in [5.41, 5.74) is 0.826. The average Bonchev–Trinajstić information content (AvgIpc) is 2.70. The molecule has 5 heteroatoms. The van der Waals surface area contributed by atoms with Gasteiger partial charge in [0, 0.05) is 29.7 Å². The third kappa shape index (κ3) is 4.91. The molecule has 0 aliphatic carbocycles. The fourth-order valence-corrected chi connectivity index (χ4v) is 2.37. The summed E-state index contributed by atoms with van der Waals surface area (Å²) in [5, 5.41) is 2.97. The van der Waals surface area contributed by atoms with Crippen LogP contribution in [-0.4, -0.2) is 35.7 Å². The van der Waals surface area contributed by atoms with E-state index in [2.05, 4.69) is 5.32 Å². The first-order valence-electron chi connectivity index (χ1n) is 8.54. The van der Waals surface area contributed by atoms with Crippen LogP contribution in [0.15, 0.2) is 11.1 Å². The molecule has 0 saturated carbocycles. The minimum absolute atomic E-state index is 0.102. The predicted molar refractivity (Wildman–Crippen MR) is 90.6 cm³/mol. The van der Waals surface area contributed by atoms with Crippen molar-refractivity contribution in [3.05, 3.63) is 11.1 Å². The van der Waals surface area contributed by atoms with E-state index < -0.39 is 0 Å². The maximum Gasteiger partial charge on any atom is 0.256 e. The number of unbranched alkanes of at least 4 members (excludes halogenated alkanes) is 3. The van der Waals surface area contributed by atoms with Crippen molar-refractivity contribution in [3.8, 4) is 0 Å². The molecule has 1 aliphatic rings. The molecule has 0 atom stereocenters. The molecule has 1 aliphatic heterocycles. The highest BCUT2D eigenvalue weighted by molar-refractivity contribution is 6.18. The van der Waals surface area contributed by atoms with Crippen LogP contribution in [0.3, 0.4) is 0 Å². The van der Waals surface area contributed by atoms with Crippen molar-refractivity contribution in [1.29, 1.82) is 0 Å². The summed E-state index contributed by atoms with van der Waals surface area (Å²) in [5.74, 6) is -0.201. The van der Waals surface area contributed by atoms with Crippen molar-refractivity contribution < 1.29 is 14.4 Å². The lowest BCUT2D eigenvalue weighted by Gasteiger charge is -2.21. The van der Waals surface area contributed by atoms with Gasteiger partial charge in [0.05, 0.1) is 0 Å². The minimum atomic E-state index is -0.306. The minimum Gasteiger partial charge on any atom is -0.356 e. The molecule has 1 heterocycles. The Morgan fingerprint density at radius 1 is 1.00 bits per heavy atom. The van der Waals surface area contributed by atoms with Gasteiger partial charge < -0.3 is 5.32 Å². The number of hydrogen-bond donors (Lipinski definition) is 1. The van der Waals surface area contributed by atoms with Crippen molar-refractivity contribution in [2.45, 2.75) is 66.7 Å². The van der Waals surface area contributed by atoms with Crippen LogP contribution in [0.2, 0.25) is 0 Å². The first-order valence-corrected chi connectivity index (χ1v) is 8.54. The second-order valence-corrected chi connectivity index (χ2v) is 6.92. The van der Waals surface area contributed by atoms with Gasteiger partial charge in [0.2, 0.25) is 5.91 Å². The molecule has 5 nitrogen and oxygen atoms in total. The van der Waals surface area contributed by atoms with E-state index in [0.29, 0.717) is 24.2 Å². The zero-order valence-electron chi connectivity index (χ0n) is 15.1. The molecule has 0 spiro atoms. The molecular weight excluding hydrogens is 292 g/mol. The molecule has 1 rings (SSSR count). The number of amides is 3. The molecule has 0 aromatic heterocycles. The van der Waals surface area contributed by atoms with E-state index in [1.54, 1.807) is 13.8 Å². The molecule has 0 aromatic carbocycles. The quantitative estimate of drug-likeness (QED) is 0.524. The first kappa shape index (κ1) is 19.4. The van der Waals surface area contributed by atoms with E-state index in [9.17, 15) is 14.4 Å². The van der Waals surface area contributed by atoms with Gasteiger partial charge in [-0.05, 0) is 33.1 Å². The summed E-state index contributed by atoms with van der Waals surface area (Å²) >= 11 is 0. The maximum absolute atomic E-state index is 11.9. The van der Waals surface area contributed by atoms with E-state index in [1.807, 2.05) is 20.8 Å². The van der Waals surface area contributed by atoms with Gasteiger partial charge in [-0.15, -0.1) is 0 Å². The van der Waals surface area contributed by atoms with Crippen LogP contribution in [0.4, 0.5) is 0 Å². The second kappa shape index (κ2) is 8.27. The van der Waals surface area contributed by atoms with E-state index in [-0.39, 0.29) is 23.1 Å². The number of hydrogen-bond acceptors (Lipinski definition) is 3. The molecule has 0 bridgehead atoms. The summed E-state index contributed by atoms with van der Waals surface area (Å²) in [6.07, 6.45) is 4.48. The predicted octanol–water partition coefficient (Wildman–Crippen LogP) is 2.80. The summed E-state index contributed by atoms with van der Waals surface area (Å²) in [7, 11) is 0. The Hall–Kier alpha value is -1.65. The second-order valence-electron chi connectivity index (χ2n) is 6.92. The molecular formula is C18H30N2O3. The molecule has 0 saturated heterocycles. The largest absolute Gasteiger partial charge is 0.356 e. The van der Waals surface area contributed by atoms with Crippen LogP contribution in [0.25, 0.3) is 0 Å². The molecule has 0 aromatic rings. The van der Waals surface area contributed by atoms with Gasteiger partial charge in [0.1, 0.15) is 0 Å². The highest BCUT2D eigenvalue weighted by Crippen LogP contribution is 2.21. The average molecular weight is 322 g/mol. The van der Waals surface area contributed by atoms with Crippen LogP contribution in [0.1, 0.15) is 66.7 Å². The fourth-order valence-electron chi connectivity index (χ4n) is 2.37. The van der Waals surface area contributed by atoms with Crippen LogP contribution in [0.5, 0.6) is 0 Å². The van der Waals surface area contributed by atoms with E-state index in [4.69, 9.17) is 0 Å². The number of carbonyl (C=O) groups is 3. The van der Waals surface area contributed by atoms with Crippen LogP contribution in [-0.2, 0) is 14.4 Å². The molecule has 1 N–H and O–H groups in total. The number of nitrogens with zero attached hydrogens (tertiary/aromatic N) is 1. The van der Waals surface area contributed by atoms with Crippen LogP contribution >= 0.6 is 0 Å². The number of imide groups is 1. The van der Waals surface area contributed by atoms with Crippen molar-refractivity contribution >= 4 is 17.7 Å². The zero-order chi connectivity index (χ0) is 17.6. The maximum atomic E-state index is 11.9. The molecule has 23 heavy (non-hydrogen) atoms. The SMILES string of the molecule is CCC(C)(C)C(=O)NCCCCCCN1C(=O)C(C)=C(C)C1=O. The monoisotopic (exact) mass is 322 g/mol. The standard InChI is InChI=1S/C18H30N2O3/c1-6-18(4,5)17(23)19-11-9-7-8-10-12-20-15(21)13(2)14(3)16(20)22/h6-12H2,1-5H3,(H,19,23). The van der Waals surface area contributed by atoms with Crippen molar-refractivity contribution in [2.75, 3.05) is 13.1 Å². The normalized spacial score (nSPS) is 15.6. The van der Waals surface area contributed by atoms with E-state index in [0.717, 1.165) is 32.1 Å². The molecule has 130 valence electrons. The zero-order valence-corrected chi connectivity index (χ0v) is 15.1. The van der Waals surface area contributed by atoms with Gasteiger partial charge in [-0.1, -0.05) is 33.6 Å². The van der Waals surface area contributed by atoms with Gasteiger partial charge in [0.25, 0.3) is 11.8 Å². The number of nitrogens with one attached hydrogen (secondary N) is 1. The summed E-state index contributed by atoms with van der Waals surface area (Å²) in [6, 6.07) is 0. The van der Waals surface area contributed by atoms with E-state index in [1.165, 1.54) is 4.90 Å². The highest BCUT2D eigenvalue weighted by atomic mass is 16.2. The van der Waals surface area contributed by atoms with Gasteiger partial charge in [-0.3, -0.25) is 19.3 Å². The van der Waals surface area contributed by atoms with Crippen molar-refractivity contribution in [3.63, 3.8) is 0 Å². The Balaban J connectivity index is 2.15. The molecule has 0 radical (unpaired) electrons. The third-order valence-corrected chi connectivity index (χ3v) is 4.79. The van der Waals surface area contributed by atoms with Crippen molar-refractivity contribution in [1.82, 2.24) is 10.2 Å². The Kier molecular flexibility index (Phi) is 6.98. The molecule has 0 unspecified atom stereocenters. The fraction of sp³-hybridized carbons (Fsp3) is 0.722. The number of rotatable bonds is 9. The smallest absolute Gasteiger partial charge is 0.256 e. The lowest BCUT2D eigenvalue weighted by Crippen LogP contribution is -2.36. The van der Waals surface area contributed by atoms with E-state index >= 15 is 0 Å². The van der Waals surface area contributed by atoms with Crippen LogP contribution < -0.4 is 5.32 Å². The molecule has 0 fully saturated rings. The summed E-state index contributed by atoms with van der Waals surface area (Å²) in [6.45, 7) is 10.5. The van der Waals surface area contributed by atoms with Gasteiger partial charge >= 0.3 is 0 Å². The lowest BCUT2D eigenvalue weighted by atomic mass is 9.89.